The van der Waals surface area contributed by atoms with Crippen LogP contribution < -0.4 is 15.4 Å². The van der Waals surface area contributed by atoms with Gasteiger partial charge >= 0.3 is 0 Å². The topological polar surface area (TPSA) is 84.5 Å². The second-order valence-electron chi connectivity index (χ2n) is 5.52. The number of aryl methyl sites for hydroxylation is 1. The number of hydrogen-bond acceptors (Lipinski definition) is 4. The summed E-state index contributed by atoms with van der Waals surface area (Å²) in [6, 6.07) is 12.2. The summed E-state index contributed by atoms with van der Waals surface area (Å²) in [7, 11) is 0. The van der Waals surface area contributed by atoms with Gasteiger partial charge in [0, 0.05) is 5.69 Å². The highest BCUT2D eigenvalue weighted by atomic mass is 16.5. The van der Waals surface area contributed by atoms with Gasteiger partial charge in [-0.1, -0.05) is 24.3 Å². The van der Waals surface area contributed by atoms with Gasteiger partial charge in [0.15, 0.2) is 12.9 Å². The predicted molar refractivity (Wildman–Crippen MR) is 94.9 cm³/mol. The molecule has 6 heteroatoms. The molecule has 2 rings (SSSR count). The van der Waals surface area contributed by atoms with Gasteiger partial charge in [-0.15, -0.1) is 0 Å². The third kappa shape index (κ3) is 5.17. The van der Waals surface area contributed by atoms with Crippen LogP contribution >= 0.6 is 0 Å². The van der Waals surface area contributed by atoms with Gasteiger partial charge in [-0.2, -0.15) is 0 Å². The van der Waals surface area contributed by atoms with E-state index in [9.17, 15) is 14.4 Å². The van der Waals surface area contributed by atoms with Crippen molar-refractivity contribution in [2.45, 2.75) is 13.8 Å². The average molecular weight is 340 g/mol. The molecule has 0 aromatic heterocycles. The molecule has 0 heterocycles. The Bertz CT molecular complexity index is 787. The molecule has 0 radical (unpaired) electrons. The van der Waals surface area contributed by atoms with Crippen LogP contribution in [0, 0.1) is 13.8 Å². The van der Waals surface area contributed by atoms with E-state index in [1.165, 1.54) is 0 Å². The van der Waals surface area contributed by atoms with Crippen molar-refractivity contribution in [3.63, 3.8) is 0 Å². The minimum Gasteiger partial charge on any atom is -0.483 e. The molecular formula is C19H20N2O4. The number of hydrogen-bond donors (Lipinski definition) is 2. The minimum atomic E-state index is -0.447. The summed E-state index contributed by atoms with van der Waals surface area (Å²) >= 11 is 0. The van der Waals surface area contributed by atoms with Crippen molar-refractivity contribution in [2.24, 2.45) is 0 Å². The number of ether oxygens (including phenoxy) is 1. The first-order valence-corrected chi connectivity index (χ1v) is 7.81. The van der Waals surface area contributed by atoms with Crippen LogP contribution in [0.3, 0.4) is 0 Å². The van der Waals surface area contributed by atoms with Crippen molar-refractivity contribution in [1.29, 1.82) is 0 Å². The van der Waals surface area contributed by atoms with E-state index < -0.39 is 5.91 Å². The fourth-order valence-electron chi connectivity index (χ4n) is 2.16. The molecule has 0 atom stereocenters. The molecule has 2 N–H and O–H groups in total. The van der Waals surface area contributed by atoms with Crippen LogP contribution in [0.1, 0.15) is 21.5 Å². The van der Waals surface area contributed by atoms with Gasteiger partial charge in [-0.05, 0) is 43.2 Å². The Morgan fingerprint density at radius 2 is 1.80 bits per heavy atom. The van der Waals surface area contributed by atoms with Gasteiger partial charge in [0.2, 0.25) is 5.91 Å². The molecule has 2 amide bonds. The maximum atomic E-state index is 11.9. The summed E-state index contributed by atoms with van der Waals surface area (Å²) in [5, 5.41) is 5.24. The van der Waals surface area contributed by atoms with Crippen LogP contribution in [0.4, 0.5) is 5.69 Å². The number of benzene rings is 2. The predicted octanol–water partition coefficient (Wildman–Crippen LogP) is 2.25. The first kappa shape index (κ1) is 18.2. The van der Waals surface area contributed by atoms with Crippen LogP contribution in [0.2, 0.25) is 0 Å². The molecule has 0 bridgehead atoms. The first-order valence-electron chi connectivity index (χ1n) is 7.81. The van der Waals surface area contributed by atoms with Crippen molar-refractivity contribution < 1.29 is 19.1 Å². The fraction of sp³-hybridized carbons (Fsp3) is 0.211. The Kier molecular flexibility index (Phi) is 6.28. The summed E-state index contributed by atoms with van der Waals surface area (Å²) in [4.78, 5) is 34.6. The van der Waals surface area contributed by atoms with E-state index in [0.29, 0.717) is 17.6 Å². The molecule has 2 aromatic rings. The average Bonchev–Trinajstić information content (AvgIpc) is 2.62. The Morgan fingerprint density at radius 1 is 1.04 bits per heavy atom. The highest BCUT2D eigenvalue weighted by Gasteiger charge is 2.09. The maximum Gasteiger partial charge on any atom is 0.258 e. The van der Waals surface area contributed by atoms with Gasteiger partial charge < -0.3 is 15.4 Å². The summed E-state index contributed by atoms with van der Waals surface area (Å²) in [6.07, 6.45) is 0.658. The van der Waals surface area contributed by atoms with Gasteiger partial charge in [0.05, 0.1) is 12.1 Å². The zero-order valence-electron chi connectivity index (χ0n) is 14.2. The number of para-hydroxylation sites is 1. The molecule has 0 fully saturated rings. The molecule has 130 valence electrons. The Balaban J connectivity index is 1.80. The Hall–Kier alpha value is -3.15. The van der Waals surface area contributed by atoms with Crippen LogP contribution in [-0.2, 0) is 9.59 Å². The van der Waals surface area contributed by atoms with Gasteiger partial charge in [-0.25, -0.2) is 0 Å². The van der Waals surface area contributed by atoms with E-state index >= 15 is 0 Å². The SMILES string of the molecule is Cc1cccc(NC(=O)CNC(=O)COc2ccccc2C=O)c1C. The molecule has 0 saturated carbocycles. The van der Waals surface area contributed by atoms with Crippen LogP contribution in [0.5, 0.6) is 5.75 Å². The van der Waals surface area contributed by atoms with E-state index in [4.69, 9.17) is 4.74 Å². The second-order valence-corrected chi connectivity index (χ2v) is 5.52. The molecule has 0 saturated heterocycles. The van der Waals surface area contributed by atoms with Crippen LogP contribution in [0.25, 0.3) is 0 Å². The summed E-state index contributed by atoms with van der Waals surface area (Å²) in [6.45, 7) is 3.44. The first-order chi connectivity index (χ1) is 12.0. The lowest BCUT2D eigenvalue weighted by molar-refractivity contribution is -0.125. The Labute approximate surface area is 146 Å². The number of rotatable bonds is 7. The van der Waals surface area contributed by atoms with Crippen molar-refractivity contribution in [3.8, 4) is 5.75 Å². The normalized spacial score (nSPS) is 10.0. The van der Waals surface area contributed by atoms with Crippen LogP contribution in [0.15, 0.2) is 42.5 Å². The molecule has 2 aromatic carbocycles. The van der Waals surface area contributed by atoms with E-state index in [0.717, 1.165) is 16.8 Å². The number of aldehydes is 1. The summed E-state index contributed by atoms with van der Waals surface area (Å²) < 4.78 is 5.30. The number of anilines is 1. The van der Waals surface area contributed by atoms with Crippen molar-refractivity contribution in [2.75, 3.05) is 18.5 Å². The number of amides is 2. The zero-order chi connectivity index (χ0) is 18.2. The van der Waals surface area contributed by atoms with Crippen molar-refractivity contribution in [3.05, 3.63) is 59.2 Å². The maximum absolute atomic E-state index is 11.9. The number of carbonyl (C=O) groups is 3. The van der Waals surface area contributed by atoms with E-state index in [1.54, 1.807) is 24.3 Å². The quantitative estimate of drug-likeness (QED) is 0.757. The Morgan fingerprint density at radius 3 is 2.56 bits per heavy atom. The molecular weight excluding hydrogens is 320 g/mol. The smallest absolute Gasteiger partial charge is 0.258 e. The minimum absolute atomic E-state index is 0.162. The lowest BCUT2D eigenvalue weighted by Crippen LogP contribution is -2.36. The summed E-state index contributed by atoms with van der Waals surface area (Å²) in [5.74, 6) is -0.445. The standard InChI is InChI=1S/C19H20N2O4/c1-13-6-5-8-16(14(13)2)21-18(23)10-20-19(24)12-25-17-9-4-3-7-15(17)11-22/h3-9,11H,10,12H2,1-2H3,(H,20,24)(H,21,23). The zero-order valence-corrected chi connectivity index (χ0v) is 14.2. The van der Waals surface area contributed by atoms with E-state index in [1.807, 2.05) is 32.0 Å². The number of carbonyl (C=O) groups excluding carboxylic acids is 3. The second kappa shape index (κ2) is 8.63. The van der Waals surface area contributed by atoms with E-state index in [-0.39, 0.29) is 19.1 Å². The molecule has 0 spiro atoms. The fourth-order valence-corrected chi connectivity index (χ4v) is 2.16. The van der Waals surface area contributed by atoms with Crippen molar-refractivity contribution >= 4 is 23.8 Å². The highest BCUT2D eigenvalue weighted by molar-refractivity contribution is 5.95. The van der Waals surface area contributed by atoms with Crippen molar-refractivity contribution in [1.82, 2.24) is 5.32 Å². The molecule has 0 unspecified atom stereocenters. The lowest BCUT2D eigenvalue weighted by atomic mass is 10.1. The number of nitrogens with one attached hydrogen (secondary N) is 2. The summed E-state index contributed by atoms with van der Waals surface area (Å²) in [5.41, 5.74) is 3.14. The molecule has 0 aliphatic heterocycles. The molecule has 0 aliphatic rings. The van der Waals surface area contributed by atoms with Crippen LogP contribution in [-0.4, -0.2) is 31.3 Å². The third-order valence-electron chi connectivity index (χ3n) is 3.73. The lowest BCUT2D eigenvalue weighted by Gasteiger charge is -2.11. The molecule has 25 heavy (non-hydrogen) atoms. The van der Waals surface area contributed by atoms with Gasteiger partial charge in [0.1, 0.15) is 5.75 Å². The highest BCUT2D eigenvalue weighted by Crippen LogP contribution is 2.17. The third-order valence-corrected chi connectivity index (χ3v) is 3.73. The van der Waals surface area contributed by atoms with E-state index in [2.05, 4.69) is 10.6 Å². The molecule has 0 aliphatic carbocycles. The molecule has 6 nitrogen and oxygen atoms in total. The largest absolute Gasteiger partial charge is 0.483 e. The van der Waals surface area contributed by atoms with Gasteiger partial charge in [0.25, 0.3) is 5.91 Å². The van der Waals surface area contributed by atoms with Gasteiger partial charge in [-0.3, -0.25) is 14.4 Å². The monoisotopic (exact) mass is 340 g/mol.